The van der Waals surface area contributed by atoms with Crippen molar-refractivity contribution < 1.29 is 14.3 Å². The first-order valence-electron chi connectivity index (χ1n) is 5.35. The number of ether oxygens (including phenoxy) is 2. The predicted octanol–water partition coefficient (Wildman–Crippen LogP) is 1.91. The Labute approximate surface area is 98.3 Å². The molecule has 0 radical (unpaired) electrons. The normalized spacial score (nSPS) is 17.2. The topological polar surface area (TPSA) is 61.6 Å². The van der Waals surface area contributed by atoms with Gasteiger partial charge in [0.2, 0.25) is 0 Å². The average Bonchev–Trinajstić information content (AvgIpc) is 2.74. The summed E-state index contributed by atoms with van der Waals surface area (Å²) in [7, 11) is 0. The van der Waals surface area contributed by atoms with E-state index in [1.807, 2.05) is 0 Å². The van der Waals surface area contributed by atoms with Gasteiger partial charge in [-0.25, -0.2) is 4.79 Å². The van der Waals surface area contributed by atoms with Crippen LogP contribution in [0.5, 0.6) is 0 Å². The van der Waals surface area contributed by atoms with Gasteiger partial charge in [0.05, 0.1) is 12.3 Å². The highest BCUT2D eigenvalue weighted by molar-refractivity contribution is 7.12. The van der Waals surface area contributed by atoms with Crippen molar-refractivity contribution in [3.63, 3.8) is 0 Å². The van der Waals surface area contributed by atoms with Crippen molar-refractivity contribution in [3.8, 4) is 0 Å². The molecule has 0 atom stereocenters. The molecule has 1 aliphatic rings. The number of carbonyl (C=O) groups is 1. The van der Waals surface area contributed by atoms with Crippen LogP contribution in [0, 0.1) is 5.92 Å². The van der Waals surface area contributed by atoms with Crippen LogP contribution in [-0.4, -0.2) is 25.8 Å². The van der Waals surface area contributed by atoms with Crippen LogP contribution in [0.1, 0.15) is 22.5 Å². The summed E-state index contributed by atoms with van der Waals surface area (Å²) >= 11 is 1.32. The fourth-order valence-corrected chi connectivity index (χ4v) is 2.37. The number of esters is 1. The quantitative estimate of drug-likeness (QED) is 0.821. The molecule has 88 valence electrons. The molecule has 1 aromatic rings. The van der Waals surface area contributed by atoms with E-state index in [1.165, 1.54) is 11.3 Å². The van der Waals surface area contributed by atoms with Crippen LogP contribution >= 0.6 is 11.3 Å². The molecule has 0 amide bonds. The third-order valence-corrected chi connectivity index (χ3v) is 3.58. The van der Waals surface area contributed by atoms with E-state index in [4.69, 9.17) is 15.2 Å². The highest BCUT2D eigenvalue weighted by Gasteiger charge is 2.18. The monoisotopic (exact) mass is 241 g/mol. The lowest BCUT2D eigenvalue weighted by atomic mass is 10.0. The van der Waals surface area contributed by atoms with E-state index in [2.05, 4.69) is 0 Å². The Morgan fingerprint density at radius 3 is 2.94 bits per heavy atom. The van der Waals surface area contributed by atoms with Gasteiger partial charge in [0.1, 0.15) is 4.88 Å². The molecule has 0 aliphatic carbocycles. The molecule has 0 unspecified atom stereocenters. The first-order valence-corrected chi connectivity index (χ1v) is 6.23. The van der Waals surface area contributed by atoms with Gasteiger partial charge in [-0.15, -0.1) is 11.3 Å². The van der Waals surface area contributed by atoms with Crippen molar-refractivity contribution in [1.82, 2.24) is 0 Å². The van der Waals surface area contributed by atoms with Crippen LogP contribution in [0.25, 0.3) is 0 Å². The fourth-order valence-electron chi connectivity index (χ4n) is 1.66. The second kappa shape index (κ2) is 5.32. The van der Waals surface area contributed by atoms with Gasteiger partial charge in [0.15, 0.2) is 0 Å². The van der Waals surface area contributed by atoms with Crippen molar-refractivity contribution in [3.05, 3.63) is 16.3 Å². The van der Waals surface area contributed by atoms with Crippen LogP contribution in [-0.2, 0) is 9.47 Å². The molecule has 0 bridgehead atoms. The van der Waals surface area contributed by atoms with Gasteiger partial charge in [-0.3, -0.25) is 0 Å². The molecular formula is C11H15NO3S. The second-order valence-electron chi connectivity index (χ2n) is 3.86. The summed E-state index contributed by atoms with van der Waals surface area (Å²) in [6, 6.07) is 1.72. The van der Waals surface area contributed by atoms with Gasteiger partial charge >= 0.3 is 5.97 Å². The molecule has 4 nitrogen and oxygen atoms in total. The van der Waals surface area contributed by atoms with Gasteiger partial charge in [0, 0.05) is 13.2 Å². The molecule has 0 spiro atoms. The maximum absolute atomic E-state index is 11.6. The predicted molar refractivity (Wildman–Crippen MR) is 62.6 cm³/mol. The molecular weight excluding hydrogens is 226 g/mol. The van der Waals surface area contributed by atoms with Crippen molar-refractivity contribution in [1.29, 1.82) is 0 Å². The van der Waals surface area contributed by atoms with Gasteiger partial charge in [-0.2, -0.15) is 0 Å². The molecule has 2 heterocycles. The summed E-state index contributed by atoms with van der Waals surface area (Å²) in [5, 5.41) is 1.79. The van der Waals surface area contributed by atoms with Gasteiger partial charge < -0.3 is 15.2 Å². The Bertz CT molecular complexity index is 358. The lowest BCUT2D eigenvalue weighted by molar-refractivity contribution is 0.0190. The number of carbonyl (C=O) groups excluding carboxylic acids is 1. The Morgan fingerprint density at radius 1 is 1.56 bits per heavy atom. The zero-order valence-corrected chi connectivity index (χ0v) is 9.79. The third kappa shape index (κ3) is 2.74. The molecule has 1 aliphatic heterocycles. The largest absolute Gasteiger partial charge is 0.461 e. The van der Waals surface area contributed by atoms with E-state index in [0.29, 0.717) is 23.1 Å². The van der Waals surface area contributed by atoms with E-state index in [9.17, 15) is 4.79 Å². The van der Waals surface area contributed by atoms with Crippen LogP contribution < -0.4 is 5.73 Å². The molecule has 5 heteroatoms. The van der Waals surface area contributed by atoms with Crippen LogP contribution in [0.4, 0.5) is 5.69 Å². The van der Waals surface area contributed by atoms with Crippen molar-refractivity contribution >= 4 is 23.0 Å². The molecule has 1 aromatic heterocycles. The Kier molecular flexibility index (Phi) is 3.79. The lowest BCUT2D eigenvalue weighted by Gasteiger charge is -2.21. The van der Waals surface area contributed by atoms with Crippen LogP contribution in [0.2, 0.25) is 0 Å². The minimum Gasteiger partial charge on any atom is -0.461 e. The van der Waals surface area contributed by atoms with Gasteiger partial charge in [0.25, 0.3) is 0 Å². The molecule has 1 saturated heterocycles. The highest BCUT2D eigenvalue weighted by atomic mass is 32.1. The fraction of sp³-hybridized carbons (Fsp3) is 0.545. The standard InChI is InChI=1S/C11H15NO3S/c12-9-3-6-16-10(9)11(13)15-7-8-1-4-14-5-2-8/h3,6,8H,1-2,4-5,7,12H2. The number of hydrogen-bond acceptors (Lipinski definition) is 5. The summed E-state index contributed by atoms with van der Waals surface area (Å²) < 4.78 is 10.5. The maximum Gasteiger partial charge on any atom is 0.350 e. The number of rotatable bonds is 3. The Hall–Kier alpha value is -1.07. The number of anilines is 1. The number of thiophene rings is 1. The van der Waals surface area contributed by atoms with E-state index in [1.54, 1.807) is 11.4 Å². The summed E-state index contributed by atoms with van der Waals surface area (Å²) in [5.74, 6) is 0.123. The van der Waals surface area contributed by atoms with Crippen molar-refractivity contribution in [2.75, 3.05) is 25.6 Å². The first-order chi connectivity index (χ1) is 7.77. The first kappa shape index (κ1) is 11.4. The zero-order valence-electron chi connectivity index (χ0n) is 8.98. The molecule has 2 N–H and O–H groups in total. The minimum absolute atomic E-state index is 0.306. The zero-order chi connectivity index (χ0) is 11.4. The maximum atomic E-state index is 11.6. The molecule has 1 fully saturated rings. The summed E-state index contributed by atoms with van der Waals surface area (Å²) in [6.07, 6.45) is 1.93. The Balaban J connectivity index is 1.81. The van der Waals surface area contributed by atoms with Crippen molar-refractivity contribution in [2.45, 2.75) is 12.8 Å². The number of nitrogens with two attached hydrogens (primary N) is 1. The highest BCUT2D eigenvalue weighted by Crippen LogP contribution is 2.21. The van der Waals surface area contributed by atoms with E-state index < -0.39 is 0 Å². The van der Waals surface area contributed by atoms with E-state index >= 15 is 0 Å². The second-order valence-corrected chi connectivity index (χ2v) is 4.78. The molecule has 0 aromatic carbocycles. The SMILES string of the molecule is Nc1ccsc1C(=O)OCC1CCOCC1. The van der Waals surface area contributed by atoms with Crippen LogP contribution in [0.3, 0.4) is 0 Å². The van der Waals surface area contributed by atoms with E-state index in [-0.39, 0.29) is 5.97 Å². The number of hydrogen-bond donors (Lipinski definition) is 1. The minimum atomic E-state index is -0.306. The average molecular weight is 241 g/mol. The van der Waals surface area contributed by atoms with Crippen molar-refractivity contribution in [2.24, 2.45) is 5.92 Å². The molecule has 2 rings (SSSR count). The summed E-state index contributed by atoms with van der Waals surface area (Å²) in [5.41, 5.74) is 6.14. The van der Waals surface area contributed by atoms with Crippen LogP contribution in [0.15, 0.2) is 11.4 Å². The van der Waals surface area contributed by atoms with Gasteiger partial charge in [-0.1, -0.05) is 0 Å². The van der Waals surface area contributed by atoms with E-state index in [0.717, 1.165) is 26.1 Å². The summed E-state index contributed by atoms with van der Waals surface area (Å²) in [4.78, 5) is 12.2. The molecule has 0 saturated carbocycles. The lowest BCUT2D eigenvalue weighted by Crippen LogP contribution is -2.21. The molecule has 16 heavy (non-hydrogen) atoms. The third-order valence-electron chi connectivity index (χ3n) is 2.67. The smallest absolute Gasteiger partial charge is 0.350 e. The number of nitrogen functional groups attached to an aromatic ring is 1. The summed E-state index contributed by atoms with van der Waals surface area (Å²) in [6.45, 7) is 2.01. The van der Waals surface area contributed by atoms with Gasteiger partial charge in [-0.05, 0) is 30.2 Å². The Morgan fingerprint density at radius 2 is 2.31 bits per heavy atom.